The average molecular weight is 379 g/mol. The molecule has 0 saturated carbocycles. The van der Waals surface area contributed by atoms with Gasteiger partial charge >= 0.3 is 0 Å². The molecule has 9 heteroatoms. The third-order valence-electron chi connectivity index (χ3n) is 4.21. The van der Waals surface area contributed by atoms with Gasteiger partial charge < -0.3 is 19.7 Å². The van der Waals surface area contributed by atoms with Crippen molar-refractivity contribution in [1.82, 2.24) is 20.0 Å². The van der Waals surface area contributed by atoms with Crippen molar-refractivity contribution in [2.24, 2.45) is 12.0 Å². The Balaban J connectivity index is 1.49. The number of benzene rings is 1. The molecule has 7 nitrogen and oxygen atoms in total. The summed E-state index contributed by atoms with van der Waals surface area (Å²) in [7, 11) is 3.58. The number of halogens is 2. The maximum absolute atomic E-state index is 13.6. The second kappa shape index (κ2) is 8.81. The van der Waals surface area contributed by atoms with Gasteiger partial charge in [-0.25, -0.2) is 8.78 Å². The molecule has 146 valence electrons. The molecule has 0 radical (unpaired) electrons. The van der Waals surface area contributed by atoms with Crippen LogP contribution in [-0.2, 0) is 11.8 Å². The van der Waals surface area contributed by atoms with Gasteiger partial charge in [-0.15, -0.1) is 0 Å². The molecule has 1 aromatic heterocycles. The second-order valence-corrected chi connectivity index (χ2v) is 6.15. The summed E-state index contributed by atoms with van der Waals surface area (Å²) in [5.41, 5.74) is 1.02. The molecule has 1 saturated heterocycles. The zero-order valence-corrected chi connectivity index (χ0v) is 15.4. The lowest BCUT2D eigenvalue weighted by Gasteiger charge is -2.34. The molecule has 3 rings (SSSR count). The first-order valence-corrected chi connectivity index (χ1v) is 8.70. The number of aliphatic imine (C=N–C) groups is 1. The molecule has 27 heavy (non-hydrogen) atoms. The zero-order chi connectivity index (χ0) is 19.2. The number of aryl methyl sites for hydroxylation is 1. The van der Waals surface area contributed by atoms with Crippen LogP contribution in [0.1, 0.15) is 11.7 Å². The number of morpholine rings is 1. The van der Waals surface area contributed by atoms with E-state index in [1.54, 1.807) is 17.9 Å². The quantitative estimate of drug-likeness (QED) is 0.487. The van der Waals surface area contributed by atoms with Gasteiger partial charge in [0.05, 0.1) is 25.9 Å². The Morgan fingerprint density at radius 2 is 2.30 bits per heavy atom. The highest BCUT2D eigenvalue weighted by Crippen LogP contribution is 2.21. The summed E-state index contributed by atoms with van der Waals surface area (Å²) in [6.45, 7) is 2.59. The van der Waals surface area contributed by atoms with Crippen LogP contribution >= 0.6 is 0 Å². The summed E-state index contributed by atoms with van der Waals surface area (Å²) >= 11 is 0. The minimum Gasteiger partial charge on any atom is -0.489 e. The predicted molar refractivity (Wildman–Crippen MR) is 96.7 cm³/mol. The monoisotopic (exact) mass is 379 g/mol. The molecule has 0 spiro atoms. The first-order chi connectivity index (χ1) is 13.1. The van der Waals surface area contributed by atoms with Crippen molar-refractivity contribution < 1.29 is 18.3 Å². The van der Waals surface area contributed by atoms with E-state index in [4.69, 9.17) is 9.47 Å². The molecule has 1 fully saturated rings. The molecule has 1 aliphatic rings. The van der Waals surface area contributed by atoms with Gasteiger partial charge in [0.1, 0.15) is 18.5 Å². The Labute approximate surface area is 156 Å². The molecular formula is C18H23F2N5O2. The normalized spacial score (nSPS) is 17.9. The Morgan fingerprint density at radius 1 is 1.44 bits per heavy atom. The van der Waals surface area contributed by atoms with Crippen molar-refractivity contribution in [2.75, 3.05) is 39.9 Å². The molecule has 1 aromatic carbocycles. The highest BCUT2D eigenvalue weighted by molar-refractivity contribution is 5.80. The Bertz CT molecular complexity index is 796. The number of aromatic nitrogens is 2. The summed E-state index contributed by atoms with van der Waals surface area (Å²) in [6, 6.07) is 3.24. The van der Waals surface area contributed by atoms with Crippen molar-refractivity contribution >= 4 is 5.96 Å². The van der Waals surface area contributed by atoms with E-state index >= 15 is 0 Å². The van der Waals surface area contributed by atoms with Gasteiger partial charge in [0, 0.05) is 38.5 Å². The number of guanidine groups is 1. The van der Waals surface area contributed by atoms with Crippen molar-refractivity contribution in [3.8, 4) is 5.75 Å². The summed E-state index contributed by atoms with van der Waals surface area (Å²) in [6.07, 6.45) is 3.67. The topological polar surface area (TPSA) is 63.9 Å². The molecule has 1 N–H and O–H groups in total. The number of hydrogen-bond donors (Lipinski definition) is 1. The van der Waals surface area contributed by atoms with E-state index in [-0.39, 0.29) is 18.5 Å². The number of rotatable bonds is 5. The SMILES string of the molecule is CN=C(NCCOc1ccc(F)cc1F)N1CCOC(c2cnn(C)c2)C1. The average Bonchev–Trinajstić information content (AvgIpc) is 3.10. The number of ether oxygens (including phenoxy) is 2. The lowest BCUT2D eigenvalue weighted by Crippen LogP contribution is -2.48. The number of nitrogens with one attached hydrogen (secondary N) is 1. The predicted octanol–water partition coefficient (Wildman–Crippen LogP) is 1.73. The fourth-order valence-corrected chi connectivity index (χ4v) is 2.90. The Hall–Kier alpha value is -2.68. The third-order valence-corrected chi connectivity index (χ3v) is 4.21. The summed E-state index contributed by atoms with van der Waals surface area (Å²) in [4.78, 5) is 6.39. The van der Waals surface area contributed by atoms with Crippen LogP contribution in [0.3, 0.4) is 0 Å². The van der Waals surface area contributed by atoms with Crippen LogP contribution in [0, 0.1) is 11.6 Å². The number of hydrogen-bond acceptors (Lipinski definition) is 4. The van der Waals surface area contributed by atoms with Gasteiger partial charge in [-0.2, -0.15) is 5.10 Å². The van der Waals surface area contributed by atoms with Crippen LogP contribution in [0.25, 0.3) is 0 Å². The zero-order valence-electron chi connectivity index (χ0n) is 15.4. The van der Waals surface area contributed by atoms with Gasteiger partial charge in [-0.05, 0) is 12.1 Å². The maximum Gasteiger partial charge on any atom is 0.193 e. The van der Waals surface area contributed by atoms with Crippen LogP contribution in [0.4, 0.5) is 8.78 Å². The van der Waals surface area contributed by atoms with E-state index in [1.165, 1.54) is 6.07 Å². The standard InChI is InChI=1S/C18H23F2N5O2/c1-21-18(22-5-7-26-16-4-3-14(19)9-15(16)20)25-6-8-27-17(12-25)13-10-23-24(2)11-13/h3-4,9-11,17H,5-8,12H2,1-2H3,(H,21,22). The lowest BCUT2D eigenvalue weighted by atomic mass is 10.1. The minimum atomic E-state index is -0.716. The highest BCUT2D eigenvalue weighted by atomic mass is 19.1. The molecule has 0 amide bonds. The third kappa shape index (κ3) is 4.94. The van der Waals surface area contributed by atoms with Gasteiger partial charge in [0.25, 0.3) is 0 Å². The maximum atomic E-state index is 13.6. The molecular weight excluding hydrogens is 356 g/mol. The molecule has 2 aromatic rings. The molecule has 2 heterocycles. The van der Waals surface area contributed by atoms with E-state index in [0.29, 0.717) is 26.2 Å². The number of nitrogens with zero attached hydrogens (tertiary/aromatic N) is 4. The van der Waals surface area contributed by atoms with E-state index in [1.807, 2.05) is 13.2 Å². The lowest BCUT2D eigenvalue weighted by molar-refractivity contribution is -0.00806. The first-order valence-electron chi connectivity index (χ1n) is 8.70. The smallest absolute Gasteiger partial charge is 0.193 e. The van der Waals surface area contributed by atoms with Crippen molar-refractivity contribution in [3.05, 3.63) is 47.8 Å². The largest absolute Gasteiger partial charge is 0.489 e. The summed E-state index contributed by atoms with van der Waals surface area (Å²) in [5, 5.41) is 7.38. The summed E-state index contributed by atoms with van der Waals surface area (Å²) < 4.78 is 39.4. The Kier molecular flexibility index (Phi) is 6.23. The molecule has 0 bridgehead atoms. The fraction of sp³-hybridized carbons (Fsp3) is 0.444. The summed E-state index contributed by atoms with van der Waals surface area (Å²) in [5.74, 6) is -0.604. The molecule has 0 aliphatic carbocycles. The van der Waals surface area contributed by atoms with Gasteiger partial charge in [-0.3, -0.25) is 9.67 Å². The molecule has 1 unspecified atom stereocenters. The van der Waals surface area contributed by atoms with Crippen LogP contribution in [0.5, 0.6) is 5.75 Å². The first kappa shape index (κ1) is 19.1. The van der Waals surface area contributed by atoms with Crippen LogP contribution < -0.4 is 10.1 Å². The van der Waals surface area contributed by atoms with E-state index in [2.05, 4.69) is 20.3 Å². The highest BCUT2D eigenvalue weighted by Gasteiger charge is 2.25. The van der Waals surface area contributed by atoms with E-state index in [0.717, 1.165) is 23.7 Å². The van der Waals surface area contributed by atoms with Crippen molar-refractivity contribution in [3.63, 3.8) is 0 Å². The Morgan fingerprint density at radius 3 is 3.00 bits per heavy atom. The van der Waals surface area contributed by atoms with Gasteiger partial charge in [0.15, 0.2) is 17.5 Å². The van der Waals surface area contributed by atoms with Crippen LogP contribution in [0.2, 0.25) is 0 Å². The van der Waals surface area contributed by atoms with Gasteiger partial charge in [-0.1, -0.05) is 0 Å². The fourth-order valence-electron chi connectivity index (χ4n) is 2.90. The van der Waals surface area contributed by atoms with Crippen LogP contribution in [-0.4, -0.2) is 60.5 Å². The minimum absolute atomic E-state index is 0.0243. The molecule has 1 atom stereocenters. The van der Waals surface area contributed by atoms with E-state index in [9.17, 15) is 8.78 Å². The van der Waals surface area contributed by atoms with E-state index < -0.39 is 11.6 Å². The van der Waals surface area contributed by atoms with Crippen LogP contribution in [0.15, 0.2) is 35.6 Å². The van der Waals surface area contributed by atoms with Gasteiger partial charge in [0.2, 0.25) is 0 Å². The van der Waals surface area contributed by atoms with Crippen molar-refractivity contribution in [2.45, 2.75) is 6.10 Å². The molecule has 1 aliphatic heterocycles. The second-order valence-electron chi connectivity index (χ2n) is 6.15. The van der Waals surface area contributed by atoms with Crippen molar-refractivity contribution in [1.29, 1.82) is 0 Å².